The normalized spacial score (nSPS) is 45.1. The first kappa shape index (κ1) is 8.88. The Labute approximate surface area is 77.1 Å². The molecule has 0 bridgehead atoms. The van der Waals surface area contributed by atoms with Gasteiger partial charge in [-0.05, 0) is 19.8 Å². The van der Waals surface area contributed by atoms with Crippen LogP contribution in [0.15, 0.2) is 0 Å². The Kier molecular flexibility index (Phi) is 1.65. The van der Waals surface area contributed by atoms with Crippen LogP contribution in [0.1, 0.15) is 39.0 Å². The van der Waals surface area contributed by atoms with E-state index < -0.39 is 11.0 Å². The molecule has 0 amide bonds. The minimum atomic E-state index is -1.03. The highest BCUT2D eigenvalue weighted by molar-refractivity contribution is 5.96. The van der Waals surface area contributed by atoms with Crippen LogP contribution in [0.4, 0.5) is 0 Å². The first-order valence-electron chi connectivity index (χ1n) is 4.75. The standard InChI is InChI=1S/C10H14O3/c1-9-5-7(11)6-10(9,13)4-2-3-8(9)12/h13H,2-6H2,1H3/t9-,10+/m0/s1. The van der Waals surface area contributed by atoms with Gasteiger partial charge in [0.25, 0.3) is 0 Å². The highest BCUT2D eigenvalue weighted by atomic mass is 16.3. The molecule has 3 heteroatoms. The third-order valence-corrected chi connectivity index (χ3v) is 3.68. The van der Waals surface area contributed by atoms with Crippen molar-refractivity contribution in [3.8, 4) is 0 Å². The highest BCUT2D eigenvalue weighted by Crippen LogP contribution is 2.51. The second-order valence-corrected chi connectivity index (χ2v) is 4.53. The summed E-state index contributed by atoms with van der Waals surface area (Å²) < 4.78 is 0. The first-order chi connectivity index (χ1) is 5.98. The summed E-state index contributed by atoms with van der Waals surface area (Å²) in [5.74, 6) is 0.0901. The molecular formula is C10H14O3. The van der Waals surface area contributed by atoms with E-state index in [4.69, 9.17) is 0 Å². The molecule has 2 atom stereocenters. The molecule has 72 valence electrons. The fourth-order valence-electron chi connectivity index (χ4n) is 2.68. The molecule has 2 aliphatic carbocycles. The lowest BCUT2D eigenvalue weighted by Gasteiger charge is -2.41. The molecule has 0 aromatic heterocycles. The molecule has 0 heterocycles. The minimum Gasteiger partial charge on any atom is -0.388 e. The highest BCUT2D eigenvalue weighted by Gasteiger charge is 2.59. The fraction of sp³-hybridized carbons (Fsp3) is 0.800. The molecule has 2 aliphatic rings. The van der Waals surface area contributed by atoms with E-state index in [1.165, 1.54) is 0 Å². The minimum absolute atomic E-state index is 0.0280. The smallest absolute Gasteiger partial charge is 0.142 e. The van der Waals surface area contributed by atoms with Gasteiger partial charge in [0.05, 0.1) is 11.0 Å². The van der Waals surface area contributed by atoms with Crippen molar-refractivity contribution in [1.82, 2.24) is 0 Å². The van der Waals surface area contributed by atoms with Crippen molar-refractivity contribution in [3.05, 3.63) is 0 Å². The van der Waals surface area contributed by atoms with Gasteiger partial charge in [0, 0.05) is 19.3 Å². The lowest BCUT2D eigenvalue weighted by molar-refractivity contribution is -0.149. The van der Waals surface area contributed by atoms with Crippen LogP contribution in [0.5, 0.6) is 0 Å². The fourth-order valence-corrected chi connectivity index (χ4v) is 2.68. The van der Waals surface area contributed by atoms with E-state index in [1.807, 2.05) is 0 Å². The Balaban J connectivity index is 2.42. The van der Waals surface area contributed by atoms with E-state index in [9.17, 15) is 14.7 Å². The van der Waals surface area contributed by atoms with Crippen LogP contribution in [0.25, 0.3) is 0 Å². The molecule has 0 aliphatic heterocycles. The number of fused-ring (bicyclic) bond motifs is 1. The SMILES string of the molecule is C[C@@]12CC(=O)C[C@]1(O)CCCC2=O. The summed E-state index contributed by atoms with van der Waals surface area (Å²) in [4.78, 5) is 22.9. The maximum Gasteiger partial charge on any atom is 0.142 e. The largest absolute Gasteiger partial charge is 0.388 e. The van der Waals surface area contributed by atoms with Gasteiger partial charge in [-0.2, -0.15) is 0 Å². The van der Waals surface area contributed by atoms with Gasteiger partial charge in [0.15, 0.2) is 0 Å². The predicted octanol–water partition coefficient (Wildman–Crippen LogP) is 0.840. The Morgan fingerprint density at radius 1 is 1.31 bits per heavy atom. The summed E-state index contributed by atoms with van der Waals surface area (Å²) in [6.45, 7) is 1.74. The summed E-state index contributed by atoms with van der Waals surface area (Å²) in [5, 5.41) is 10.2. The van der Waals surface area contributed by atoms with E-state index in [2.05, 4.69) is 0 Å². The van der Waals surface area contributed by atoms with Crippen molar-refractivity contribution in [3.63, 3.8) is 0 Å². The second kappa shape index (κ2) is 2.41. The van der Waals surface area contributed by atoms with Gasteiger partial charge in [-0.25, -0.2) is 0 Å². The number of hydrogen-bond acceptors (Lipinski definition) is 3. The molecule has 2 saturated carbocycles. The van der Waals surface area contributed by atoms with Crippen molar-refractivity contribution in [2.24, 2.45) is 5.41 Å². The molecule has 0 saturated heterocycles. The summed E-state index contributed by atoms with van der Waals surface area (Å²) in [6, 6.07) is 0. The monoisotopic (exact) mass is 182 g/mol. The van der Waals surface area contributed by atoms with Crippen molar-refractivity contribution >= 4 is 11.6 Å². The average molecular weight is 182 g/mol. The zero-order valence-corrected chi connectivity index (χ0v) is 7.80. The van der Waals surface area contributed by atoms with Crippen LogP contribution >= 0.6 is 0 Å². The number of Topliss-reactive ketones (excluding diaryl/α,β-unsaturated/α-hetero) is 2. The zero-order valence-electron chi connectivity index (χ0n) is 7.80. The molecule has 0 aromatic carbocycles. The van der Waals surface area contributed by atoms with Gasteiger partial charge in [-0.3, -0.25) is 9.59 Å². The lowest BCUT2D eigenvalue weighted by Crippen LogP contribution is -2.50. The maximum atomic E-state index is 11.6. The summed E-state index contributed by atoms with van der Waals surface area (Å²) in [6.07, 6.45) is 2.25. The van der Waals surface area contributed by atoms with E-state index in [0.29, 0.717) is 12.8 Å². The Bertz CT molecular complexity index is 284. The van der Waals surface area contributed by atoms with Gasteiger partial charge < -0.3 is 5.11 Å². The van der Waals surface area contributed by atoms with Gasteiger partial charge in [-0.15, -0.1) is 0 Å². The maximum absolute atomic E-state index is 11.6. The van der Waals surface area contributed by atoms with Crippen LogP contribution in [0.2, 0.25) is 0 Å². The van der Waals surface area contributed by atoms with E-state index >= 15 is 0 Å². The van der Waals surface area contributed by atoms with Crippen molar-refractivity contribution in [1.29, 1.82) is 0 Å². The third kappa shape index (κ3) is 0.998. The topological polar surface area (TPSA) is 54.4 Å². The molecule has 0 radical (unpaired) electrons. The van der Waals surface area contributed by atoms with Crippen LogP contribution in [-0.4, -0.2) is 22.3 Å². The van der Waals surface area contributed by atoms with E-state index in [-0.39, 0.29) is 24.4 Å². The summed E-state index contributed by atoms with van der Waals surface area (Å²) in [5.41, 5.74) is -1.80. The third-order valence-electron chi connectivity index (χ3n) is 3.68. The zero-order chi connectivity index (χ0) is 9.69. The number of carbonyl (C=O) groups excluding carboxylic acids is 2. The number of aliphatic hydroxyl groups is 1. The van der Waals surface area contributed by atoms with E-state index in [0.717, 1.165) is 6.42 Å². The van der Waals surface area contributed by atoms with Gasteiger partial charge in [0.2, 0.25) is 0 Å². The molecule has 2 fully saturated rings. The van der Waals surface area contributed by atoms with Crippen molar-refractivity contribution in [2.75, 3.05) is 0 Å². The second-order valence-electron chi connectivity index (χ2n) is 4.53. The average Bonchev–Trinajstić information content (AvgIpc) is 2.23. The molecule has 2 rings (SSSR count). The molecule has 1 N–H and O–H groups in total. The predicted molar refractivity (Wildman–Crippen MR) is 46.2 cm³/mol. The quantitative estimate of drug-likeness (QED) is 0.604. The van der Waals surface area contributed by atoms with Crippen LogP contribution < -0.4 is 0 Å². The molecule has 3 nitrogen and oxygen atoms in total. The molecule has 0 spiro atoms. The molecule has 13 heavy (non-hydrogen) atoms. The Hall–Kier alpha value is -0.700. The van der Waals surface area contributed by atoms with Crippen molar-refractivity contribution in [2.45, 2.75) is 44.6 Å². The molecule has 0 unspecified atom stereocenters. The van der Waals surface area contributed by atoms with Gasteiger partial charge in [0.1, 0.15) is 11.6 Å². The molecular weight excluding hydrogens is 168 g/mol. The van der Waals surface area contributed by atoms with Gasteiger partial charge >= 0.3 is 0 Å². The van der Waals surface area contributed by atoms with Crippen LogP contribution in [0.3, 0.4) is 0 Å². The van der Waals surface area contributed by atoms with E-state index in [1.54, 1.807) is 6.92 Å². The first-order valence-corrected chi connectivity index (χ1v) is 4.75. The van der Waals surface area contributed by atoms with Crippen LogP contribution in [0, 0.1) is 5.41 Å². The van der Waals surface area contributed by atoms with Crippen molar-refractivity contribution < 1.29 is 14.7 Å². The Morgan fingerprint density at radius 3 is 2.62 bits per heavy atom. The Morgan fingerprint density at radius 2 is 2.00 bits per heavy atom. The number of ketones is 2. The summed E-state index contributed by atoms with van der Waals surface area (Å²) in [7, 11) is 0. The number of rotatable bonds is 0. The summed E-state index contributed by atoms with van der Waals surface area (Å²) >= 11 is 0. The van der Waals surface area contributed by atoms with Crippen LogP contribution in [-0.2, 0) is 9.59 Å². The number of hydrogen-bond donors (Lipinski definition) is 1. The van der Waals surface area contributed by atoms with Gasteiger partial charge in [-0.1, -0.05) is 0 Å². The lowest BCUT2D eigenvalue weighted by atomic mass is 9.65. The number of carbonyl (C=O) groups is 2. The molecule has 0 aromatic rings.